The molecule has 1 aromatic carbocycles. The van der Waals surface area contributed by atoms with Crippen LogP contribution in [0.4, 0.5) is 0 Å². The minimum Gasteiger partial charge on any atom is -0.294 e. The highest BCUT2D eigenvalue weighted by Crippen LogP contribution is 2.22. The SMILES string of the molecule is O=C(Cc1ncnc2c1CCC2)c1ccccc1. The zero-order valence-corrected chi connectivity index (χ0v) is 10.1. The van der Waals surface area contributed by atoms with E-state index in [1.807, 2.05) is 30.3 Å². The number of benzene rings is 1. The van der Waals surface area contributed by atoms with E-state index < -0.39 is 0 Å². The van der Waals surface area contributed by atoms with E-state index in [4.69, 9.17) is 0 Å². The van der Waals surface area contributed by atoms with Crippen molar-refractivity contribution in [2.75, 3.05) is 0 Å². The molecule has 0 saturated heterocycles. The van der Waals surface area contributed by atoms with Crippen LogP contribution in [0.1, 0.15) is 33.7 Å². The predicted molar refractivity (Wildman–Crippen MR) is 68.5 cm³/mol. The van der Waals surface area contributed by atoms with E-state index in [-0.39, 0.29) is 5.78 Å². The summed E-state index contributed by atoms with van der Waals surface area (Å²) in [5.41, 5.74) is 3.98. The maximum Gasteiger partial charge on any atom is 0.168 e. The lowest BCUT2D eigenvalue weighted by molar-refractivity contribution is 0.0991. The number of aromatic nitrogens is 2. The molecule has 1 aromatic heterocycles. The van der Waals surface area contributed by atoms with E-state index >= 15 is 0 Å². The zero-order chi connectivity index (χ0) is 12.4. The molecule has 0 bridgehead atoms. The molecule has 0 unspecified atom stereocenters. The van der Waals surface area contributed by atoms with Crippen LogP contribution >= 0.6 is 0 Å². The van der Waals surface area contributed by atoms with Crippen LogP contribution in [0.5, 0.6) is 0 Å². The number of fused-ring (bicyclic) bond motifs is 1. The predicted octanol–water partition coefficient (Wildman–Crippen LogP) is 2.39. The number of nitrogens with zero attached hydrogens (tertiary/aromatic N) is 2. The van der Waals surface area contributed by atoms with Gasteiger partial charge in [0.1, 0.15) is 6.33 Å². The van der Waals surface area contributed by atoms with Gasteiger partial charge >= 0.3 is 0 Å². The molecule has 18 heavy (non-hydrogen) atoms. The zero-order valence-electron chi connectivity index (χ0n) is 10.1. The molecule has 0 aliphatic heterocycles. The molecule has 1 aliphatic carbocycles. The van der Waals surface area contributed by atoms with E-state index in [0.29, 0.717) is 6.42 Å². The molecule has 0 N–H and O–H groups in total. The van der Waals surface area contributed by atoms with Crippen LogP contribution in [-0.4, -0.2) is 15.8 Å². The lowest BCUT2D eigenvalue weighted by Crippen LogP contribution is -2.08. The number of rotatable bonds is 3. The Labute approximate surface area is 106 Å². The number of aryl methyl sites for hydroxylation is 1. The molecular weight excluding hydrogens is 224 g/mol. The van der Waals surface area contributed by atoms with Gasteiger partial charge in [0.15, 0.2) is 5.78 Å². The number of carbonyl (C=O) groups excluding carboxylic acids is 1. The second-order valence-electron chi connectivity index (χ2n) is 4.57. The smallest absolute Gasteiger partial charge is 0.168 e. The van der Waals surface area contributed by atoms with Crippen LogP contribution in [0.15, 0.2) is 36.7 Å². The van der Waals surface area contributed by atoms with E-state index in [1.165, 1.54) is 5.56 Å². The monoisotopic (exact) mass is 238 g/mol. The van der Waals surface area contributed by atoms with Gasteiger partial charge in [0.05, 0.1) is 12.1 Å². The van der Waals surface area contributed by atoms with Crippen molar-refractivity contribution in [2.45, 2.75) is 25.7 Å². The fourth-order valence-corrected chi connectivity index (χ4v) is 2.46. The summed E-state index contributed by atoms with van der Waals surface area (Å²) in [6.45, 7) is 0. The largest absolute Gasteiger partial charge is 0.294 e. The van der Waals surface area contributed by atoms with E-state index in [9.17, 15) is 4.79 Å². The van der Waals surface area contributed by atoms with Crippen molar-refractivity contribution < 1.29 is 4.79 Å². The van der Waals surface area contributed by atoms with Crippen molar-refractivity contribution in [3.8, 4) is 0 Å². The van der Waals surface area contributed by atoms with Gasteiger partial charge in [-0.3, -0.25) is 4.79 Å². The number of Topliss-reactive ketones (excluding diaryl/α,β-unsaturated/α-hetero) is 1. The van der Waals surface area contributed by atoms with Crippen LogP contribution in [0.25, 0.3) is 0 Å². The molecular formula is C15H14N2O. The molecule has 3 nitrogen and oxygen atoms in total. The molecule has 0 atom stereocenters. The highest BCUT2D eigenvalue weighted by molar-refractivity contribution is 5.97. The van der Waals surface area contributed by atoms with Gasteiger partial charge in [-0.1, -0.05) is 30.3 Å². The minimum absolute atomic E-state index is 0.128. The molecule has 3 rings (SSSR count). The molecule has 90 valence electrons. The third-order valence-corrected chi connectivity index (χ3v) is 3.39. The van der Waals surface area contributed by atoms with Crippen molar-refractivity contribution in [3.63, 3.8) is 0 Å². The van der Waals surface area contributed by atoms with Gasteiger partial charge in [-0.15, -0.1) is 0 Å². The highest BCUT2D eigenvalue weighted by atomic mass is 16.1. The van der Waals surface area contributed by atoms with E-state index in [2.05, 4.69) is 9.97 Å². The van der Waals surface area contributed by atoms with Gasteiger partial charge in [0.25, 0.3) is 0 Å². The Morgan fingerprint density at radius 2 is 1.94 bits per heavy atom. The standard InChI is InChI=1S/C15H14N2O/c18-15(11-5-2-1-3-6-11)9-14-12-7-4-8-13(12)16-10-17-14/h1-3,5-6,10H,4,7-9H2. The first-order valence-corrected chi connectivity index (χ1v) is 6.24. The Hall–Kier alpha value is -2.03. The molecule has 0 amide bonds. The average Bonchev–Trinajstić information content (AvgIpc) is 2.89. The fraction of sp³-hybridized carbons (Fsp3) is 0.267. The van der Waals surface area contributed by atoms with E-state index in [0.717, 1.165) is 36.2 Å². The number of hydrogen-bond acceptors (Lipinski definition) is 3. The number of hydrogen-bond donors (Lipinski definition) is 0. The van der Waals surface area contributed by atoms with Gasteiger partial charge in [0, 0.05) is 11.3 Å². The summed E-state index contributed by atoms with van der Waals surface area (Å²) in [7, 11) is 0. The normalized spacial score (nSPS) is 13.3. The Kier molecular flexibility index (Phi) is 2.89. The lowest BCUT2D eigenvalue weighted by atomic mass is 10.0. The molecule has 3 heteroatoms. The molecule has 1 heterocycles. The maximum absolute atomic E-state index is 12.2. The van der Waals surface area contributed by atoms with Crippen LogP contribution in [0.3, 0.4) is 0 Å². The van der Waals surface area contributed by atoms with Gasteiger partial charge < -0.3 is 0 Å². The summed E-state index contributed by atoms with van der Waals surface area (Å²) >= 11 is 0. The number of ketones is 1. The van der Waals surface area contributed by atoms with Crippen molar-refractivity contribution in [1.29, 1.82) is 0 Å². The summed E-state index contributed by atoms with van der Waals surface area (Å²) in [6.07, 6.45) is 5.12. The van der Waals surface area contributed by atoms with E-state index in [1.54, 1.807) is 6.33 Å². The first-order valence-electron chi connectivity index (χ1n) is 6.24. The lowest BCUT2D eigenvalue weighted by Gasteiger charge is -2.05. The molecule has 0 saturated carbocycles. The van der Waals surface area contributed by atoms with Crippen LogP contribution in [0.2, 0.25) is 0 Å². The first kappa shape index (κ1) is 11.1. The number of carbonyl (C=O) groups is 1. The summed E-state index contributed by atoms with van der Waals surface area (Å²) in [5, 5.41) is 0. The second-order valence-corrected chi connectivity index (χ2v) is 4.57. The Bertz CT molecular complexity index is 578. The van der Waals surface area contributed by atoms with Gasteiger partial charge in [-0.25, -0.2) is 9.97 Å². The van der Waals surface area contributed by atoms with Crippen molar-refractivity contribution in [1.82, 2.24) is 9.97 Å². The Morgan fingerprint density at radius 1 is 1.11 bits per heavy atom. The Balaban J connectivity index is 1.86. The quantitative estimate of drug-likeness (QED) is 0.771. The summed E-state index contributed by atoms with van der Waals surface area (Å²) in [5.74, 6) is 0.128. The average molecular weight is 238 g/mol. The van der Waals surface area contributed by atoms with Gasteiger partial charge in [0.2, 0.25) is 0 Å². The van der Waals surface area contributed by atoms with Crippen LogP contribution < -0.4 is 0 Å². The third kappa shape index (κ3) is 2.04. The molecule has 1 aliphatic rings. The third-order valence-electron chi connectivity index (χ3n) is 3.39. The molecule has 0 fully saturated rings. The molecule has 2 aromatic rings. The molecule has 0 spiro atoms. The summed E-state index contributed by atoms with van der Waals surface area (Å²) in [4.78, 5) is 20.7. The van der Waals surface area contributed by atoms with Crippen molar-refractivity contribution in [3.05, 3.63) is 59.2 Å². The Morgan fingerprint density at radius 3 is 2.78 bits per heavy atom. The van der Waals surface area contributed by atoms with Gasteiger partial charge in [-0.2, -0.15) is 0 Å². The van der Waals surface area contributed by atoms with Crippen LogP contribution in [-0.2, 0) is 19.3 Å². The highest BCUT2D eigenvalue weighted by Gasteiger charge is 2.18. The summed E-state index contributed by atoms with van der Waals surface area (Å²) < 4.78 is 0. The van der Waals surface area contributed by atoms with Crippen LogP contribution in [0, 0.1) is 0 Å². The van der Waals surface area contributed by atoms with Gasteiger partial charge in [-0.05, 0) is 24.8 Å². The first-order chi connectivity index (χ1) is 8.84. The minimum atomic E-state index is 0.128. The molecule has 0 radical (unpaired) electrons. The van der Waals surface area contributed by atoms with Crippen molar-refractivity contribution >= 4 is 5.78 Å². The second kappa shape index (κ2) is 4.69. The fourth-order valence-electron chi connectivity index (χ4n) is 2.46. The maximum atomic E-state index is 12.2. The van der Waals surface area contributed by atoms with Crippen molar-refractivity contribution in [2.24, 2.45) is 0 Å². The topological polar surface area (TPSA) is 42.9 Å². The summed E-state index contributed by atoms with van der Waals surface area (Å²) in [6, 6.07) is 9.39.